The van der Waals surface area contributed by atoms with Gasteiger partial charge in [0.15, 0.2) is 0 Å². The van der Waals surface area contributed by atoms with E-state index in [1.165, 1.54) is 0 Å². The van der Waals surface area contributed by atoms with Crippen LogP contribution in [0, 0.1) is 0 Å². The summed E-state index contributed by atoms with van der Waals surface area (Å²) in [7, 11) is 3.50. The van der Waals surface area contributed by atoms with E-state index in [0.29, 0.717) is 19.4 Å². The van der Waals surface area contributed by atoms with Gasteiger partial charge in [-0.05, 0) is 43.7 Å². The molecule has 2 unspecified atom stereocenters. The van der Waals surface area contributed by atoms with Crippen molar-refractivity contribution in [3.63, 3.8) is 0 Å². The molecular formula is C16H23NO3. The van der Waals surface area contributed by atoms with Gasteiger partial charge < -0.3 is 20.3 Å². The van der Waals surface area contributed by atoms with E-state index < -0.39 is 5.60 Å². The number of aliphatic hydroxyl groups is 2. The van der Waals surface area contributed by atoms with Crippen LogP contribution in [0.2, 0.25) is 0 Å². The Labute approximate surface area is 120 Å². The highest BCUT2D eigenvalue weighted by molar-refractivity contribution is 5.33. The maximum atomic E-state index is 10.9. The van der Waals surface area contributed by atoms with Crippen LogP contribution < -0.4 is 10.1 Å². The van der Waals surface area contributed by atoms with E-state index in [9.17, 15) is 10.2 Å². The lowest BCUT2D eigenvalue weighted by molar-refractivity contribution is 0.0384. The van der Waals surface area contributed by atoms with Crippen molar-refractivity contribution in [3.05, 3.63) is 41.7 Å². The molecule has 0 spiro atoms. The zero-order valence-corrected chi connectivity index (χ0v) is 12.1. The van der Waals surface area contributed by atoms with E-state index in [1.54, 1.807) is 13.2 Å². The van der Waals surface area contributed by atoms with Crippen LogP contribution in [0.1, 0.15) is 30.7 Å². The molecule has 0 saturated heterocycles. The lowest BCUT2D eigenvalue weighted by Gasteiger charge is -2.36. The summed E-state index contributed by atoms with van der Waals surface area (Å²) >= 11 is 0. The summed E-state index contributed by atoms with van der Waals surface area (Å²) in [5.74, 6) is 0.986. The predicted octanol–water partition coefficient (Wildman–Crippen LogP) is 2.36. The van der Waals surface area contributed by atoms with Crippen molar-refractivity contribution >= 4 is 0 Å². The maximum Gasteiger partial charge on any atom is 0.118 e. The number of aliphatic hydroxyl groups excluding tert-OH is 1. The largest absolute Gasteiger partial charge is 0.513 e. The number of hydrogen-bond acceptors (Lipinski definition) is 4. The van der Waals surface area contributed by atoms with Crippen LogP contribution in [-0.2, 0) is 0 Å². The second kappa shape index (κ2) is 6.29. The molecule has 0 bridgehead atoms. The third kappa shape index (κ3) is 3.14. The summed E-state index contributed by atoms with van der Waals surface area (Å²) in [6.45, 7) is 0.645. The Morgan fingerprint density at radius 1 is 1.35 bits per heavy atom. The molecule has 20 heavy (non-hydrogen) atoms. The third-order valence-corrected chi connectivity index (χ3v) is 3.96. The van der Waals surface area contributed by atoms with Crippen LogP contribution in [0.25, 0.3) is 0 Å². The molecule has 0 aliphatic heterocycles. The molecule has 1 aliphatic carbocycles. The normalized spacial score (nSPS) is 24.1. The average molecular weight is 277 g/mol. The summed E-state index contributed by atoms with van der Waals surface area (Å²) < 4.78 is 5.17. The van der Waals surface area contributed by atoms with Crippen LogP contribution in [0.3, 0.4) is 0 Å². The van der Waals surface area contributed by atoms with Gasteiger partial charge in [0, 0.05) is 18.9 Å². The SMILES string of the molecule is CNCC(c1ccc(OC)cc1)C1(O)C=C(O)CCC1. The Bertz CT molecular complexity index is 469. The fourth-order valence-electron chi connectivity index (χ4n) is 2.88. The van der Waals surface area contributed by atoms with Crippen molar-refractivity contribution in [2.24, 2.45) is 0 Å². The molecule has 0 saturated carbocycles. The van der Waals surface area contributed by atoms with Gasteiger partial charge in [-0.2, -0.15) is 0 Å². The Hall–Kier alpha value is -1.52. The standard InChI is InChI=1S/C16H23NO3/c1-17-11-15(12-5-7-14(20-2)8-6-12)16(19)9-3-4-13(18)10-16/h5-8,10,15,17-19H,3-4,9,11H2,1-2H3. The fraction of sp³-hybridized carbons (Fsp3) is 0.500. The zero-order valence-electron chi connectivity index (χ0n) is 12.1. The van der Waals surface area contributed by atoms with E-state index >= 15 is 0 Å². The molecule has 4 heteroatoms. The van der Waals surface area contributed by atoms with E-state index in [2.05, 4.69) is 5.32 Å². The van der Waals surface area contributed by atoms with Crippen molar-refractivity contribution in [2.45, 2.75) is 30.8 Å². The second-order valence-electron chi connectivity index (χ2n) is 5.36. The molecule has 1 aromatic carbocycles. The number of methoxy groups -OCH3 is 1. The smallest absolute Gasteiger partial charge is 0.118 e. The highest BCUT2D eigenvalue weighted by Crippen LogP contribution is 2.38. The van der Waals surface area contributed by atoms with Crippen LogP contribution in [0.15, 0.2) is 36.1 Å². The summed E-state index contributed by atoms with van der Waals surface area (Å²) in [5, 5.41) is 23.8. The number of rotatable bonds is 5. The van der Waals surface area contributed by atoms with Crippen LogP contribution in [0.5, 0.6) is 5.75 Å². The number of allylic oxidation sites excluding steroid dienone is 1. The Morgan fingerprint density at radius 3 is 2.60 bits per heavy atom. The van der Waals surface area contributed by atoms with Crippen LogP contribution >= 0.6 is 0 Å². The van der Waals surface area contributed by atoms with E-state index in [-0.39, 0.29) is 11.7 Å². The highest BCUT2D eigenvalue weighted by atomic mass is 16.5. The van der Waals surface area contributed by atoms with Gasteiger partial charge in [0.1, 0.15) is 5.75 Å². The fourth-order valence-corrected chi connectivity index (χ4v) is 2.88. The molecule has 2 rings (SSSR count). The molecule has 1 aromatic rings. The van der Waals surface area contributed by atoms with E-state index in [4.69, 9.17) is 4.74 Å². The van der Waals surface area contributed by atoms with Crippen molar-refractivity contribution in [1.82, 2.24) is 5.32 Å². The van der Waals surface area contributed by atoms with E-state index in [1.807, 2.05) is 31.3 Å². The first-order valence-electron chi connectivity index (χ1n) is 7.00. The molecule has 4 nitrogen and oxygen atoms in total. The number of ether oxygens (including phenoxy) is 1. The van der Waals surface area contributed by atoms with Crippen LogP contribution in [-0.4, -0.2) is 36.5 Å². The van der Waals surface area contributed by atoms with Gasteiger partial charge >= 0.3 is 0 Å². The van der Waals surface area contributed by atoms with Crippen molar-refractivity contribution in [1.29, 1.82) is 0 Å². The highest BCUT2D eigenvalue weighted by Gasteiger charge is 2.37. The van der Waals surface area contributed by atoms with Gasteiger partial charge in [-0.3, -0.25) is 0 Å². The lowest BCUT2D eigenvalue weighted by atomic mass is 9.76. The Balaban J connectivity index is 2.32. The molecule has 110 valence electrons. The first kappa shape index (κ1) is 14.9. The summed E-state index contributed by atoms with van der Waals surface area (Å²) in [4.78, 5) is 0. The van der Waals surface area contributed by atoms with Gasteiger partial charge in [0.05, 0.1) is 18.5 Å². The monoisotopic (exact) mass is 277 g/mol. The Kier molecular flexibility index (Phi) is 4.68. The summed E-state index contributed by atoms with van der Waals surface area (Å²) in [5.41, 5.74) is 0.0357. The number of hydrogen-bond donors (Lipinski definition) is 3. The minimum absolute atomic E-state index is 0.0964. The molecule has 0 aromatic heterocycles. The molecule has 1 aliphatic rings. The molecule has 0 fully saturated rings. The quantitative estimate of drug-likeness (QED) is 0.773. The van der Waals surface area contributed by atoms with Gasteiger partial charge in [0.2, 0.25) is 0 Å². The van der Waals surface area contributed by atoms with Gasteiger partial charge in [-0.1, -0.05) is 12.1 Å². The van der Waals surface area contributed by atoms with Gasteiger partial charge in [-0.25, -0.2) is 0 Å². The topological polar surface area (TPSA) is 61.7 Å². The first-order valence-corrected chi connectivity index (χ1v) is 7.00. The first-order chi connectivity index (χ1) is 9.59. The van der Waals surface area contributed by atoms with Crippen molar-refractivity contribution in [2.75, 3.05) is 20.7 Å². The number of nitrogens with one attached hydrogen (secondary N) is 1. The number of benzene rings is 1. The van der Waals surface area contributed by atoms with Gasteiger partial charge in [-0.15, -0.1) is 0 Å². The average Bonchev–Trinajstić information content (AvgIpc) is 2.44. The summed E-state index contributed by atoms with van der Waals surface area (Å²) in [6.07, 6.45) is 3.73. The minimum Gasteiger partial charge on any atom is -0.513 e. The van der Waals surface area contributed by atoms with Crippen molar-refractivity contribution < 1.29 is 14.9 Å². The third-order valence-electron chi connectivity index (χ3n) is 3.96. The Morgan fingerprint density at radius 2 is 2.05 bits per heavy atom. The van der Waals surface area contributed by atoms with Crippen molar-refractivity contribution in [3.8, 4) is 5.75 Å². The number of likely N-dealkylation sites (N-methyl/N-ethyl adjacent to an activating group) is 1. The van der Waals surface area contributed by atoms with Crippen LogP contribution in [0.4, 0.5) is 0 Å². The molecule has 0 heterocycles. The zero-order chi connectivity index (χ0) is 14.6. The lowest BCUT2D eigenvalue weighted by Crippen LogP contribution is -2.41. The molecule has 0 amide bonds. The summed E-state index contributed by atoms with van der Waals surface area (Å²) in [6, 6.07) is 7.73. The maximum absolute atomic E-state index is 10.9. The minimum atomic E-state index is -1.00. The molecular weight excluding hydrogens is 254 g/mol. The molecule has 0 radical (unpaired) electrons. The predicted molar refractivity (Wildman–Crippen MR) is 79.2 cm³/mol. The van der Waals surface area contributed by atoms with E-state index in [0.717, 1.165) is 17.7 Å². The molecule has 2 atom stereocenters. The second-order valence-corrected chi connectivity index (χ2v) is 5.36. The molecule has 3 N–H and O–H groups in total. The van der Waals surface area contributed by atoms with Gasteiger partial charge in [0.25, 0.3) is 0 Å².